The highest BCUT2D eigenvalue weighted by atomic mass is 16.5. The monoisotopic (exact) mass is 314 g/mol. The van der Waals surface area contributed by atoms with Crippen molar-refractivity contribution in [3.8, 4) is 5.75 Å². The minimum absolute atomic E-state index is 0.0100. The third kappa shape index (κ3) is 4.72. The first kappa shape index (κ1) is 16.8. The average molecular weight is 314 g/mol. The molecule has 0 unspecified atom stereocenters. The summed E-state index contributed by atoms with van der Waals surface area (Å²) in [5.74, 6) is 1.41. The summed E-state index contributed by atoms with van der Waals surface area (Å²) < 4.78 is 10.8. The van der Waals surface area contributed by atoms with Gasteiger partial charge < -0.3 is 14.5 Å². The molecular weight excluding hydrogens is 292 g/mol. The summed E-state index contributed by atoms with van der Waals surface area (Å²) in [6.45, 7) is 4.51. The zero-order chi connectivity index (χ0) is 16.7. The van der Waals surface area contributed by atoms with Crippen molar-refractivity contribution in [2.75, 3.05) is 27.2 Å². The quantitative estimate of drug-likeness (QED) is 0.761. The van der Waals surface area contributed by atoms with Crippen LogP contribution in [0.3, 0.4) is 0 Å². The number of nitrogens with one attached hydrogen (secondary N) is 1. The van der Waals surface area contributed by atoms with Crippen LogP contribution in [0.1, 0.15) is 22.2 Å². The Balaban J connectivity index is 1.94. The van der Waals surface area contributed by atoms with Gasteiger partial charge in [-0.3, -0.25) is 9.69 Å². The van der Waals surface area contributed by atoms with Crippen LogP contribution in [0.25, 0.3) is 0 Å². The second kappa shape index (κ2) is 8.19. The minimum atomic E-state index is -0.126. The average Bonchev–Trinajstić information content (AvgIpc) is 3.07. The van der Waals surface area contributed by atoms with Crippen molar-refractivity contribution in [3.05, 3.63) is 66.6 Å². The van der Waals surface area contributed by atoms with E-state index in [2.05, 4.69) is 11.9 Å². The lowest BCUT2D eigenvalue weighted by atomic mass is 10.1. The Hall–Kier alpha value is -2.53. The molecule has 1 atom stereocenters. The van der Waals surface area contributed by atoms with Gasteiger partial charge in [-0.2, -0.15) is 0 Å². The number of amides is 1. The second-order valence-corrected chi connectivity index (χ2v) is 5.33. The van der Waals surface area contributed by atoms with Crippen molar-refractivity contribution < 1.29 is 13.9 Å². The predicted octanol–water partition coefficient (Wildman–Crippen LogP) is 2.88. The molecule has 0 aliphatic heterocycles. The highest BCUT2D eigenvalue weighted by Gasteiger charge is 2.18. The molecule has 0 saturated heterocycles. The van der Waals surface area contributed by atoms with Crippen LogP contribution in [0.2, 0.25) is 0 Å². The number of likely N-dealkylation sites (N-methyl/N-ethyl adjacent to an activating group) is 1. The molecule has 1 aromatic carbocycles. The first-order valence-corrected chi connectivity index (χ1v) is 7.43. The van der Waals surface area contributed by atoms with E-state index >= 15 is 0 Å². The fourth-order valence-corrected chi connectivity index (χ4v) is 2.17. The topological polar surface area (TPSA) is 54.7 Å². The Morgan fingerprint density at radius 1 is 1.35 bits per heavy atom. The summed E-state index contributed by atoms with van der Waals surface area (Å²) >= 11 is 0. The van der Waals surface area contributed by atoms with Gasteiger partial charge in [-0.1, -0.05) is 12.7 Å². The molecule has 5 nitrogen and oxygen atoms in total. The molecule has 0 radical (unpaired) electrons. The van der Waals surface area contributed by atoms with Gasteiger partial charge in [-0.25, -0.2) is 0 Å². The maximum Gasteiger partial charge on any atom is 0.251 e. The van der Waals surface area contributed by atoms with Crippen molar-refractivity contribution >= 4 is 5.91 Å². The number of nitrogens with zero attached hydrogens (tertiary/aromatic N) is 1. The molecule has 0 spiro atoms. The summed E-state index contributed by atoms with van der Waals surface area (Å²) in [5, 5.41) is 2.93. The lowest BCUT2D eigenvalue weighted by Gasteiger charge is -2.22. The van der Waals surface area contributed by atoms with Crippen molar-refractivity contribution in [2.45, 2.75) is 6.04 Å². The predicted molar refractivity (Wildman–Crippen MR) is 89.6 cm³/mol. The number of carbonyl (C=O) groups is 1. The number of hydrogen-bond acceptors (Lipinski definition) is 4. The third-order valence-electron chi connectivity index (χ3n) is 3.44. The van der Waals surface area contributed by atoms with Crippen LogP contribution in [0, 0.1) is 0 Å². The molecule has 5 heteroatoms. The van der Waals surface area contributed by atoms with Gasteiger partial charge in [0.15, 0.2) is 0 Å². The Morgan fingerprint density at radius 2 is 2.09 bits per heavy atom. The van der Waals surface area contributed by atoms with Crippen LogP contribution in [0.5, 0.6) is 5.75 Å². The number of rotatable bonds is 8. The molecule has 122 valence electrons. The molecule has 0 saturated carbocycles. The zero-order valence-electron chi connectivity index (χ0n) is 13.5. The first-order valence-electron chi connectivity index (χ1n) is 7.43. The largest absolute Gasteiger partial charge is 0.490 e. The number of hydrogen-bond donors (Lipinski definition) is 1. The highest BCUT2D eigenvalue weighted by Crippen LogP contribution is 2.18. The van der Waals surface area contributed by atoms with Gasteiger partial charge >= 0.3 is 0 Å². The smallest absolute Gasteiger partial charge is 0.251 e. The van der Waals surface area contributed by atoms with Gasteiger partial charge in [-0.15, -0.1) is 0 Å². The van der Waals surface area contributed by atoms with E-state index < -0.39 is 0 Å². The zero-order valence-corrected chi connectivity index (χ0v) is 13.5. The van der Waals surface area contributed by atoms with Crippen LogP contribution in [-0.4, -0.2) is 38.1 Å². The Labute approximate surface area is 136 Å². The molecular formula is C18H22N2O3. The maximum atomic E-state index is 12.2. The van der Waals surface area contributed by atoms with E-state index in [-0.39, 0.29) is 11.9 Å². The highest BCUT2D eigenvalue weighted by molar-refractivity contribution is 5.94. The van der Waals surface area contributed by atoms with Gasteiger partial charge in [0, 0.05) is 12.1 Å². The van der Waals surface area contributed by atoms with Crippen LogP contribution >= 0.6 is 0 Å². The SMILES string of the molecule is C=CCOc1ccc(C(=O)NC[C@@H](c2ccco2)N(C)C)cc1. The molecule has 0 bridgehead atoms. The lowest BCUT2D eigenvalue weighted by Crippen LogP contribution is -2.34. The number of furan rings is 1. The molecule has 23 heavy (non-hydrogen) atoms. The summed E-state index contributed by atoms with van der Waals surface area (Å²) in [6, 6.07) is 10.8. The van der Waals surface area contributed by atoms with Crippen molar-refractivity contribution in [1.29, 1.82) is 0 Å². The molecule has 2 rings (SSSR count). The van der Waals surface area contributed by atoms with Crippen molar-refractivity contribution in [1.82, 2.24) is 10.2 Å². The fraction of sp³-hybridized carbons (Fsp3) is 0.278. The van der Waals surface area contributed by atoms with Crippen LogP contribution < -0.4 is 10.1 Å². The molecule has 0 fully saturated rings. The van der Waals surface area contributed by atoms with Gasteiger partial charge in [0.2, 0.25) is 0 Å². The van der Waals surface area contributed by atoms with E-state index in [0.717, 1.165) is 5.76 Å². The van der Waals surface area contributed by atoms with E-state index in [1.165, 1.54) is 0 Å². The first-order chi connectivity index (χ1) is 11.1. The summed E-state index contributed by atoms with van der Waals surface area (Å²) in [6.07, 6.45) is 3.31. The summed E-state index contributed by atoms with van der Waals surface area (Å²) in [5.41, 5.74) is 0.591. The lowest BCUT2D eigenvalue weighted by molar-refractivity contribution is 0.0939. The van der Waals surface area contributed by atoms with Crippen molar-refractivity contribution in [3.63, 3.8) is 0 Å². The molecule has 2 aromatic rings. The Bertz CT molecular complexity index is 618. The maximum absolute atomic E-state index is 12.2. The third-order valence-corrected chi connectivity index (χ3v) is 3.44. The van der Waals surface area contributed by atoms with Gasteiger partial charge in [0.25, 0.3) is 5.91 Å². The van der Waals surface area contributed by atoms with E-state index in [0.29, 0.717) is 24.5 Å². The molecule has 0 aliphatic rings. The molecule has 0 aliphatic carbocycles. The van der Waals surface area contributed by atoms with Gasteiger partial charge in [0.05, 0.1) is 12.3 Å². The number of ether oxygens (including phenoxy) is 1. The van der Waals surface area contributed by atoms with Crippen molar-refractivity contribution in [2.24, 2.45) is 0 Å². The van der Waals surface area contributed by atoms with E-state index in [1.807, 2.05) is 31.1 Å². The minimum Gasteiger partial charge on any atom is -0.490 e. The molecule has 1 aromatic heterocycles. The normalized spacial score (nSPS) is 12.0. The fourth-order valence-electron chi connectivity index (χ4n) is 2.17. The summed E-state index contributed by atoms with van der Waals surface area (Å²) in [4.78, 5) is 14.3. The second-order valence-electron chi connectivity index (χ2n) is 5.33. The van der Waals surface area contributed by atoms with Gasteiger partial charge in [-0.05, 0) is 50.5 Å². The van der Waals surface area contributed by atoms with E-state index in [4.69, 9.17) is 9.15 Å². The standard InChI is InChI=1S/C18H22N2O3/c1-4-11-22-15-9-7-14(8-10-15)18(21)19-13-16(20(2)3)17-6-5-12-23-17/h4-10,12,16H,1,11,13H2,2-3H3,(H,19,21)/t16-/m0/s1. The van der Waals surface area contributed by atoms with Gasteiger partial charge in [0.1, 0.15) is 18.1 Å². The summed E-state index contributed by atoms with van der Waals surface area (Å²) in [7, 11) is 3.90. The number of carbonyl (C=O) groups excluding carboxylic acids is 1. The molecule has 1 heterocycles. The van der Waals surface area contributed by atoms with Crippen LogP contribution in [0.15, 0.2) is 59.7 Å². The molecule has 1 amide bonds. The Kier molecular flexibility index (Phi) is 6.00. The molecule has 1 N–H and O–H groups in total. The van der Waals surface area contributed by atoms with Crippen LogP contribution in [0.4, 0.5) is 0 Å². The van der Waals surface area contributed by atoms with Crippen LogP contribution in [-0.2, 0) is 0 Å². The van der Waals surface area contributed by atoms with E-state index in [1.54, 1.807) is 36.6 Å². The Morgan fingerprint density at radius 3 is 2.65 bits per heavy atom. The number of benzene rings is 1. The van der Waals surface area contributed by atoms with E-state index in [9.17, 15) is 4.79 Å².